The number of hydrogen-bond donors (Lipinski definition) is 2. The molecule has 162 valence electrons. The number of halogens is 4. The zero-order chi connectivity index (χ0) is 22.8. The molecule has 0 aliphatic heterocycles. The first-order chi connectivity index (χ1) is 15.3. The molecule has 2 N–H and O–H groups in total. The summed E-state index contributed by atoms with van der Waals surface area (Å²) < 4.78 is 59.9. The Morgan fingerprint density at radius 3 is 2.50 bits per heavy atom. The van der Waals surface area contributed by atoms with Crippen LogP contribution in [0.2, 0.25) is 0 Å². The largest absolute Gasteiger partial charge is 0.377 e. The van der Waals surface area contributed by atoms with Crippen molar-refractivity contribution in [1.82, 2.24) is 30.2 Å². The van der Waals surface area contributed by atoms with Crippen molar-refractivity contribution in [1.29, 1.82) is 0 Å². The molecule has 0 spiro atoms. The molecule has 32 heavy (non-hydrogen) atoms. The van der Waals surface area contributed by atoms with E-state index in [9.17, 15) is 13.9 Å². The van der Waals surface area contributed by atoms with Crippen LogP contribution in [0.1, 0.15) is 22.4 Å². The molecule has 1 atom stereocenters. The van der Waals surface area contributed by atoms with Gasteiger partial charge < -0.3 is 10.1 Å². The molecule has 11 heteroatoms. The predicted molar refractivity (Wildman–Crippen MR) is 103 cm³/mol. The molecule has 0 saturated heterocycles. The molecule has 0 aliphatic rings. The van der Waals surface area contributed by atoms with Crippen LogP contribution in [0, 0.1) is 23.5 Å². The lowest BCUT2D eigenvalue weighted by atomic mass is 9.84. The van der Waals surface area contributed by atoms with Crippen LogP contribution in [0.4, 0.5) is 17.6 Å². The summed E-state index contributed by atoms with van der Waals surface area (Å²) in [5.41, 5.74) is -3.82. The molecular weight excluding hydrogens is 428 g/mol. The van der Waals surface area contributed by atoms with E-state index in [0.717, 1.165) is 35.4 Å². The average molecular weight is 442 g/mol. The van der Waals surface area contributed by atoms with E-state index in [-0.39, 0.29) is 0 Å². The molecule has 4 rings (SSSR count). The third kappa shape index (κ3) is 3.95. The van der Waals surface area contributed by atoms with Crippen LogP contribution >= 0.6 is 0 Å². The van der Waals surface area contributed by atoms with E-state index in [1.54, 1.807) is 18.5 Å². The fourth-order valence-corrected chi connectivity index (χ4v) is 3.08. The Balaban J connectivity index is 1.74. The van der Waals surface area contributed by atoms with Gasteiger partial charge in [-0.2, -0.15) is 8.78 Å². The number of nitrogens with one attached hydrogen (secondary N) is 1. The van der Waals surface area contributed by atoms with Gasteiger partial charge >= 0.3 is 5.92 Å². The maximum Gasteiger partial charge on any atom is 0.323 e. The molecule has 1 aromatic carbocycles. The molecule has 7 nitrogen and oxygen atoms in total. The molecule has 3 aromatic heterocycles. The van der Waals surface area contributed by atoms with E-state index in [1.807, 2.05) is 0 Å². The topological polar surface area (TPSA) is 92.5 Å². The molecule has 1 unspecified atom stereocenters. The number of rotatable bonds is 5. The summed E-state index contributed by atoms with van der Waals surface area (Å²) in [6, 6.07) is 5.94. The molecular formula is C21H14F4N6O. The number of tetrazole rings is 1. The summed E-state index contributed by atoms with van der Waals surface area (Å²) in [6.07, 6.45) is 5.45. The molecule has 0 radical (unpaired) electrons. The van der Waals surface area contributed by atoms with Crippen LogP contribution in [-0.2, 0) is 18.1 Å². The number of aromatic nitrogens is 6. The van der Waals surface area contributed by atoms with E-state index in [4.69, 9.17) is 0 Å². The van der Waals surface area contributed by atoms with Crippen molar-refractivity contribution in [3.63, 3.8) is 0 Å². The Labute approximate surface area is 178 Å². The van der Waals surface area contributed by atoms with Crippen molar-refractivity contribution in [2.45, 2.75) is 18.1 Å². The number of alkyl halides is 2. The maximum absolute atomic E-state index is 15.6. The van der Waals surface area contributed by atoms with Crippen molar-refractivity contribution >= 4 is 0 Å². The molecule has 0 aliphatic carbocycles. The minimum atomic E-state index is -4.12. The lowest BCUT2D eigenvalue weighted by Gasteiger charge is -2.35. The highest BCUT2D eigenvalue weighted by Crippen LogP contribution is 2.46. The minimum absolute atomic E-state index is 0.350. The fraction of sp³-hybridized carbons (Fsp3) is 0.143. The third-order valence-corrected chi connectivity index (χ3v) is 4.71. The van der Waals surface area contributed by atoms with Crippen molar-refractivity contribution < 1.29 is 22.7 Å². The number of pyridine rings is 1. The second kappa shape index (κ2) is 8.24. The summed E-state index contributed by atoms with van der Waals surface area (Å²) in [5, 5.41) is 21.2. The first kappa shape index (κ1) is 21.2. The fourth-order valence-electron chi connectivity index (χ4n) is 3.08. The van der Waals surface area contributed by atoms with E-state index < -0.39 is 41.0 Å². The standard InChI is InChI=1S/C21H14F4N6O/c22-16-4-5-17(18(23)9-16)20(32,12-31-13-28-29-30-31)21(24,25)19-6-3-14(11-27-19)1-2-15-7-8-26-10-15/h3-11,13,26,32H,12H2. The van der Waals surface area contributed by atoms with Crippen LogP contribution in [0.15, 0.2) is 61.3 Å². The van der Waals surface area contributed by atoms with E-state index >= 15 is 8.78 Å². The summed E-state index contributed by atoms with van der Waals surface area (Å²) in [7, 11) is 0. The van der Waals surface area contributed by atoms with Crippen LogP contribution < -0.4 is 0 Å². The van der Waals surface area contributed by atoms with Gasteiger partial charge in [0.1, 0.15) is 23.7 Å². The van der Waals surface area contributed by atoms with Gasteiger partial charge in [0.15, 0.2) is 5.60 Å². The first-order valence-electron chi connectivity index (χ1n) is 9.17. The third-order valence-electron chi connectivity index (χ3n) is 4.71. The van der Waals surface area contributed by atoms with Gasteiger partial charge in [0.2, 0.25) is 0 Å². The normalized spacial score (nSPS) is 13.3. The summed E-state index contributed by atoms with van der Waals surface area (Å²) in [6.45, 7) is -0.924. The lowest BCUT2D eigenvalue weighted by Crippen LogP contribution is -2.48. The molecule has 3 heterocycles. The number of nitrogens with zero attached hydrogens (tertiary/aromatic N) is 5. The average Bonchev–Trinajstić information content (AvgIpc) is 3.46. The number of hydrogen-bond acceptors (Lipinski definition) is 5. The van der Waals surface area contributed by atoms with Crippen molar-refractivity contribution in [2.75, 3.05) is 0 Å². The molecule has 0 bridgehead atoms. The second-order valence-corrected chi connectivity index (χ2v) is 6.85. The van der Waals surface area contributed by atoms with E-state index in [2.05, 4.69) is 37.3 Å². The molecule has 0 saturated carbocycles. The highest BCUT2D eigenvalue weighted by Gasteiger charge is 2.57. The lowest BCUT2D eigenvalue weighted by molar-refractivity contribution is -0.207. The maximum atomic E-state index is 15.6. The molecule has 4 aromatic rings. The predicted octanol–water partition coefficient (Wildman–Crippen LogP) is 2.75. The highest BCUT2D eigenvalue weighted by molar-refractivity contribution is 5.41. The number of aromatic amines is 1. The monoisotopic (exact) mass is 442 g/mol. The highest BCUT2D eigenvalue weighted by atomic mass is 19.3. The Morgan fingerprint density at radius 2 is 1.88 bits per heavy atom. The van der Waals surface area contributed by atoms with Crippen LogP contribution in [0.25, 0.3) is 0 Å². The zero-order valence-electron chi connectivity index (χ0n) is 16.2. The van der Waals surface area contributed by atoms with Crippen LogP contribution in [-0.4, -0.2) is 35.3 Å². The minimum Gasteiger partial charge on any atom is -0.377 e. The van der Waals surface area contributed by atoms with Gasteiger partial charge in [-0.15, -0.1) is 5.10 Å². The van der Waals surface area contributed by atoms with Crippen LogP contribution in [0.3, 0.4) is 0 Å². The number of aliphatic hydroxyl groups is 1. The zero-order valence-corrected chi connectivity index (χ0v) is 16.2. The summed E-state index contributed by atoms with van der Waals surface area (Å²) in [5.74, 6) is -0.852. The smallest absolute Gasteiger partial charge is 0.323 e. The summed E-state index contributed by atoms with van der Waals surface area (Å²) >= 11 is 0. The van der Waals surface area contributed by atoms with Crippen molar-refractivity contribution in [3.05, 3.63) is 95.3 Å². The second-order valence-electron chi connectivity index (χ2n) is 6.85. The number of H-pyrrole nitrogens is 1. The molecule has 0 fully saturated rings. The first-order valence-corrected chi connectivity index (χ1v) is 9.17. The SMILES string of the molecule is OC(Cn1cnnn1)(c1ccc(F)cc1F)C(F)(F)c1ccc(C#Cc2cc[nH]c2)cn1. The van der Waals surface area contributed by atoms with Gasteiger partial charge in [0, 0.05) is 41.3 Å². The van der Waals surface area contributed by atoms with Gasteiger partial charge in [-0.25, -0.2) is 13.5 Å². The summed E-state index contributed by atoms with van der Waals surface area (Å²) in [4.78, 5) is 6.58. The Hall–Kier alpha value is -4.04. The number of benzene rings is 1. The Bertz CT molecular complexity index is 1260. The van der Waals surface area contributed by atoms with Crippen molar-refractivity contribution in [2.24, 2.45) is 0 Å². The molecule has 0 amide bonds. The van der Waals surface area contributed by atoms with Gasteiger partial charge in [-0.1, -0.05) is 11.8 Å². The Kier molecular flexibility index (Phi) is 5.46. The van der Waals surface area contributed by atoms with E-state index in [1.165, 1.54) is 6.07 Å². The van der Waals surface area contributed by atoms with Gasteiger partial charge in [-0.3, -0.25) is 4.98 Å². The quantitative estimate of drug-likeness (QED) is 0.366. The van der Waals surface area contributed by atoms with Crippen LogP contribution in [0.5, 0.6) is 0 Å². The Morgan fingerprint density at radius 1 is 1.06 bits per heavy atom. The van der Waals surface area contributed by atoms with E-state index in [0.29, 0.717) is 17.2 Å². The van der Waals surface area contributed by atoms with Gasteiger partial charge in [0.25, 0.3) is 0 Å². The van der Waals surface area contributed by atoms with Gasteiger partial charge in [-0.05, 0) is 40.8 Å². The van der Waals surface area contributed by atoms with Gasteiger partial charge in [0.05, 0.1) is 6.54 Å². The van der Waals surface area contributed by atoms with Crippen molar-refractivity contribution in [3.8, 4) is 11.8 Å².